The molecule has 0 saturated heterocycles. The van der Waals surface area contributed by atoms with E-state index in [9.17, 15) is 4.79 Å². The highest BCUT2D eigenvalue weighted by Crippen LogP contribution is 2.22. The number of likely N-dealkylation sites (N-methyl/N-ethyl adjacent to an activating group) is 1. The molecule has 0 aromatic carbocycles. The Morgan fingerprint density at radius 2 is 1.94 bits per heavy atom. The van der Waals surface area contributed by atoms with Gasteiger partial charge < -0.3 is 10.6 Å². The lowest BCUT2D eigenvalue weighted by molar-refractivity contribution is -0.135. The number of nitrogens with two attached hydrogens (primary N) is 1. The summed E-state index contributed by atoms with van der Waals surface area (Å²) in [4.78, 5) is 14.0. The Balaban J connectivity index is 2.51. The Morgan fingerprint density at radius 1 is 1.38 bits per heavy atom. The molecular formula is C13H26N2O. The molecule has 0 bridgehead atoms. The van der Waals surface area contributed by atoms with E-state index in [2.05, 4.69) is 13.8 Å². The van der Waals surface area contributed by atoms with Crippen molar-refractivity contribution in [2.24, 2.45) is 11.7 Å². The molecular weight excluding hydrogens is 200 g/mol. The Bertz CT molecular complexity index is 224. The summed E-state index contributed by atoms with van der Waals surface area (Å²) in [6.07, 6.45) is 7.08. The molecule has 1 aliphatic rings. The van der Waals surface area contributed by atoms with Crippen molar-refractivity contribution in [2.45, 2.75) is 64.5 Å². The van der Waals surface area contributed by atoms with E-state index >= 15 is 0 Å². The van der Waals surface area contributed by atoms with Crippen molar-refractivity contribution in [2.75, 3.05) is 7.05 Å². The Kier molecular flexibility index (Phi) is 5.26. The standard InChI is InChI=1S/C13H26N2O/c1-4-10(2)12(14)13(16)15(3)11-8-6-5-7-9-11/h10-12H,4-9,14H2,1-3H3. The van der Waals surface area contributed by atoms with Crippen molar-refractivity contribution in [1.82, 2.24) is 4.90 Å². The third-order valence-corrected chi connectivity index (χ3v) is 4.01. The van der Waals surface area contributed by atoms with Crippen LogP contribution in [0.3, 0.4) is 0 Å². The fourth-order valence-electron chi connectivity index (χ4n) is 2.38. The molecule has 2 atom stereocenters. The van der Waals surface area contributed by atoms with Crippen molar-refractivity contribution in [1.29, 1.82) is 0 Å². The summed E-state index contributed by atoms with van der Waals surface area (Å²) < 4.78 is 0. The molecule has 1 saturated carbocycles. The summed E-state index contributed by atoms with van der Waals surface area (Å²) in [5.74, 6) is 0.403. The maximum atomic E-state index is 12.1. The molecule has 3 heteroatoms. The van der Waals surface area contributed by atoms with Gasteiger partial charge in [-0.2, -0.15) is 0 Å². The van der Waals surface area contributed by atoms with E-state index in [0.29, 0.717) is 6.04 Å². The lowest BCUT2D eigenvalue weighted by Crippen LogP contribution is -2.49. The number of carbonyl (C=O) groups is 1. The van der Waals surface area contributed by atoms with E-state index in [1.165, 1.54) is 19.3 Å². The largest absolute Gasteiger partial charge is 0.341 e. The van der Waals surface area contributed by atoms with E-state index in [1.54, 1.807) is 0 Å². The second kappa shape index (κ2) is 6.24. The van der Waals surface area contributed by atoms with Crippen molar-refractivity contribution >= 4 is 5.91 Å². The number of rotatable bonds is 4. The summed E-state index contributed by atoms with van der Waals surface area (Å²) >= 11 is 0. The summed E-state index contributed by atoms with van der Waals surface area (Å²) in [5.41, 5.74) is 5.99. The molecule has 1 rings (SSSR count). The van der Waals surface area contributed by atoms with Gasteiger partial charge in [-0.25, -0.2) is 0 Å². The van der Waals surface area contributed by atoms with Crippen LogP contribution in [0.2, 0.25) is 0 Å². The van der Waals surface area contributed by atoms with E-state index in [4.69, 9.17) is 5.73 Å². The lowest BCUT2D eigenvalue weighted by atomic mass is 9.92. The maximum absolute atomic E-state index is 12.1. The second-order valence-electron chi connectivity index (χ2n) is 5.15. The van der Waals surface area contributed by atoms with Gasteiger partial charge in [0.2, 0.25) is 5.91 Å². The van der Waals surface area contributed by atoms with E-state index < -0.39 is 0 Å². The molecule has 2 unspecified atom stereocenters. The van der Waals surface area contributed by atoms with Gasteiger partial charge in [-0.3, -0.25) is 4.79 Å². The number of hydrogen-bond acceptors (Lipinski definition) is 2. The molecule has 0 spiro atoms. The fraction of sp³-hybridized carbons (Fsp3) is 0.923. The monoisotopic (exact) mass is 226 g/mol. The summed E-state index contributed by atoms with van der Waals surface area (Å²) in [7, 11) is 1.92. The first-order chi connectivity index (χ1) is 7.57. The molecule has 0 aromatic heterocycles. The topological polar surface area (TPSA) is 46.3 Å². The van der Waals surface area contributed by atoms with E-state index in [-0.39, 0.29) is 17.9 Å². The van der Waals surface area contributed by atoms with Crippen LogP contribution in [0, 0.1) is 5.92 Å². The number of amides is 1. The van der Waals surface area contributed by atoms with Crippen LogP contribution in [0.4, 0.5) is 0 Å². The Morgan fingerprint density at radius 3 is 2.44 bits per heavy atom. The quantitative estimate of drug-likeness (QED) is 0.798. The molecule has 1 fully saturated rings. The van der Waals surface area contributed by atoms with Crippen LogP contribution in [0.1, 0.15) is 52.4 Å². The molecule has 0 aromatic rings. The van der Waals surface area contributed by atoms with Gasteiger partial charge in [0, 0.05) is 13.1 Å². The van der Waals surface area contributed by atoms with E-state index in [1.807, 2.05) is 11.9 Å². The molecule has 1 aliphatic carbocycles. The maximum Gasteiger partial charge on any atom is 0.239 e. The summed E-state index contributed by atoms with van der Waals surface area (Å²) in [5, 5.41) is 0. The van der Waals surface area contributed by atoms with Crippen LogP contribution in [-0.2, 0) is 4.79 Å². The van der Waals surface area contributed by atoms with Crippen LogP contribution < -0.4 is 5.73 Å². The van der Waals surface area contributed by atoms with Crippen LogP contribution in [0.25, 0.3) is 0 Å². The second-order valence-corrected chi connectivity index (χ2v) is 5.15. The van der Waals surface area contributed by atoms with Crippen molar-refractivity contribution in [3.05, 3.63) is 0 Å². The smallest absolute Gasteiger partial charge is 0.239 e. The minimum absolute atomic E-state index is 0.126. The van der Waals surface area contributed by atoms with Gasteiger partial charge in [0.1, 0.15) is 0 Å². The van der Waals surface area contributed by atoms with E-state index in [0.717, 1.165) is 19.3 Å². The normalized spacial score (nSPS) is 21.5. The highest BCUT2D eigenvalue weighted by molar-refractivity contribution is 5.82. The SMILES string of the molecule is CCC(C)C(N)C(=O)N(C)C1CCCCC1. The number of nitrogens with zero attached hydrogens (tertiary/aromatic N) is 1. The third-order valence-electron chi connectivity index (χ3n) is 4.01. The molecule has 0 aliphatic heterocycles. The minimum Gasteiger partial charge on any atom is -0.341 e. The zero-order valence-corrected chi connectivity index (χ0v) is 10.9. The lowest BCUT2D eigenvalue weighted by Gasteiger charge is -2.34. The molecule has 94 valence electrons. The van der Waals surface area contributed by atoms with Crippen molar-refractivity contribution in [3.63, 3.8) is 0 Å². The van der Waals surface area contributed by atoms with Crippen LogP contribution in [-0.4, -0.2) is 29.9 Å². The highest BCUT2D eigenvalue weighted by atomic mass is 16.2. The zero-order valence-electron chi connectivity index (χ0n) is 10.9. The summed E-state index contributed by atoms with van der Waals surface area (Å²) in [6.45, 7) is 4.13. The third kappa shape index (κ3) is 3.21. The van der Waals surface area contributed by atoms with Gasteiger partial charge in [0.15, 0.2) is 0 Å². The molecule has 1 amide bonds. The van der Waals surface area contributed by atoms with Crippen LogP contribution >= 0.6 is 0 Å². The van der Waals surface area contributed by atoms with Gasteiger partial charge >= 0.3 is 0 Å². The van der Waals surface area contributed by atoms with Crippen LogP contribution in [0.15, 0.2) is 0 Å². The van der Waals surface area contributed by atoms with Gasteiger partial charge in [-0.15, -0.1) is 0 Å². The minimum atomic E-state index is -0.322. The Hall–Kier alpha value is -0.570. The van der Waals surface area contributed by atoms with Crippen LogP contribution in [0.5, 0.6) is 0 Å². The number of carbonyl (C=O) groups excluding carboxylic acids is 1. The molecule has 3 nitrogen and oxygen atoms in total. The predicted molar refractivity (Wildman–Crippen MR) is 67.1 cm³/mol. The van der Waals surface area contributed by atoms with Crippen molar-refractivity contribution < 1.29 is 4.79 Å². The van der Waals surface area contributed by atoms with Gasteiger partial charge in [0.05, 0.1) is 6.04 Å². The zero-order chi connectivity index (χ0) is 12.1. The molecule has 0 heterocycles. The first-order valence-electron chi connectivity index (χ1n) is 6.60. The molecule has 2 N–H and O–H groups in total. The van der Waals surface area contributed by atoms with Gasteiger partial charge in [-0.05, 0) is 18.8 Å². The predicted octanol–water partition coefficient (Wildman–Crippen LogP) is 2.15. The summed E-state index contributed by atoms with van der Waals surface area (Å²) in [6, 6.07) is 0.105. The highest BCUT2D eigenvalue weighted by Gasteiger charge is 2.28. The van der Waals surface area contributed by atoms with Gasteiger partial charge in [-0.1, -0.05) is 39.5 Å². The van der Waals surface area contributed by atoms with Gasteiger partial charge in [0.25, 0.3) is 0 Å². The first kappa shape index (κ1) is 13.5. The average Bonchev–Trinajstić information content (AvgIpc) is 2.36. The Labute approximate surface area is 99.4 Å². The molecule has 0 radical (unpaired) electrons. The fourth-order valence-corrected chi connectivity index (χ4v) is 2.38. The average molecular weight is 226 g/mol. The number of hydrogen-bond donors (Lipinski definition) is 1. The first-order valence-corrected chi connectivity index (χ1v) is 6.60. The van der Waals surface area contributed by atoms with Crippen molar-refractivity contribution in [3.8, 4) is 0 Å². The molecule has 16 heavy (non-hydrogen) atoms.